The van der Waals surface area contributed by atoms with Crippen LogP contribution in [0.25, 0.3) is 33.1 Å². The van der Waals surface area contributed by atoms with Crippen molar-refractivity contribution in [3.8, 4) is 17.3 Å². The number of nitrogens with zero attached hydrogens (tertiary/aromatic N) is 6. The van der Waals surface area contributed by atoms with E-state index in [0.29, 0.717) is 79.6 Å². The highest BCUT2D eigenvalue weighted by molar-refractivity contribution is 6.33. The number of anilines is 1. The number of rotatable bonds is 3. The predicted octanol–water partition coefficient (Wildman–Crippen LogP) is 5.12. The number of hydrogen-bond acceptors (Lipinski definition) is 9. The van der Waals surface area contributed by atoms with Crippen molar-refractivity contribution >= 4 is 39.2 Å². The van der Waals surface area contributed by atoms with Crippen LogP contribution >= 0.6 is 11.6 Å². The largest absolute Gasteiger partial charge is 0.461 e. The second-order valence-corrected chi connectivity index (χ2v) is 13.4. The molecule has 0 radical (unpaired) electrons. The van der Waals surface area contributed by atoms with E-state index in [-0.39, 0.29) is 35.8 Å². The first kappa shape index (κ1) is 29.2. The molecule has 0 unspecified atom stereocenters. The van der Waals surface area contributed by atoms with Gasteiger partial charge in [0.2, 0.25) is 0 Å². The highest BCUT2D eigenvalue weighted by Gasteiger charge is 2.49. The van der Waals surface area contributed by atoms with E-state index in [4.69, 9.17) is 35.8 Å². The molecular formula is C32H36ClF2N7O3. The van der Waals surface area contributed by atoms with Gasteiger partial charge in [-0.25, -0.2) is 8.78 Å². The van der Waals surface area contributed by atoms with Crippen LogP contribution < -0.4 is 9.64 Å². The lowest BCUT2D eigenvalue weighted by atomic mass is 9.91. The number of alkyl halides is 1. The minimum absolute atomic E-state index is 0.0610. The van der Waals surface area contributed by atoms with Crippen molar-refractivity contribution < 1.29 is 23.0 Å². The van der Waals surface area contributed by atoms with Gasteiger partial charge in [-0.3, -0.25) is 15.0 Å². The molecular weight excluding hydrogens is 604 g/mol. The van der Waals surface area contributed by atoms with Gasteiger partial charge >= 0.3 is 6.01 Å². The third-order valence-corrected chi connectivity index (χ3v) is 10.3. The van der Waals surface area contributed by atoms with Gasteiger partial charge in [0.25, 0.3) is 0 Å². The zero-order valence-corrected chi connectivity index (χ0v) is 26.0. The van der Waals surface area contributed by atoms with Crippen LogP contribution in [0.4, 0.5) is 14.6 Å². The number of ether oxygens (including phenoxy) is 3. The monoisotopic (exact) mass is 639 g/mol. The Balaban J connectivity index is 1.29. The third kappa shape index (κ3) is 5.19. The second-order valence-electron chi connectivity index (χ2n) is 13.0. The summed E-state index contributed by atoms with van der Waals surface area (Å²) in [6.45, 7) is 6.17. The molecule has 238 valence electrons. The van der Waals surface area contributed by atoms with Crippen LogP contribution in [0.15, 0.2) is 18.5 Å². The molecule has 0 spiro atoms. The molecule has 3 fully saturated rings. The number of pyridine rings is 1. The van der Waals surface area contributed by atoms with Crippen LogP contribution in [-0.2, 0) is 15.9 Å². The second kappa shape index (κ2) is 11.6. The van der Waals surface area contributed by atoms with Crippen molar-refractivity contribution in [1.82, 2.24) is 30.0 Å². The van der Waals surface area contributed by atoms with Crippen LogP contribution in [0.2, 0.25) is 5.02 Å². The molecule has 1 aromatic carbocycles. The molecule has 6 bridgehead atoms. The van der Waals surface area contributed by atoms with Crippen molar-refractivity contribution in [1.29, 1.82) is 0 Å². The molecule has 45 heavy (non-hydrogen) atoms. The highest BCUT2D eigenvalue weighted by atomic mass is 35.5. The summed E-state index contributed by atoms with van der Waals surface area (Å²) in [6, 6.07) is 1.89. The van der Waals surface area contributed by atoms with Gasteiger partial charge in [0.15, 0.2) is 5.82 Å². The summed E-state index contributed by atoms with van der Waals surface area (Å²) in [5, 5.41) is 8.92. The van der Waals surface area contributed by atoms with E-state index >= 15 is 4.39 Å². The van der Waals surface area contributed by atoms with Gasteiger partial charge in [-0.15, -0.1) is 0 Å². The summed E-state index contributed by atoms with van der Waals surface area (Å²) < 4.78 is 49.9. The maximum atomic E-state index is 17.0. The van der Waals surface area contributed by atoms with E-state index in [9.17, 15) is 4.39 Å². The maximum absolute atomic E-state index is 17.0. The predicted molar refractivity (Wildman–Crippen MR) is 166 cm³/mol. The number of halogens is 3. The molecule has 5 aliphatic rings. The molecule has 10 nitrogen and oxygen atoms in total. The van der Waals surface area contributed by atoms with E-state index in [1.165, 1.54) is 0 Å². The zero-order valence-electron chi connectivity index (χ0n) is 25.2. The highest BCUT2D eigenvalue weighted by Crippen LogP contribution is 2.42. The third-order valence-electron chi connectivity index (χ3n) is 9.96. The standard InChI is InChI=1S/C32H36ClF2N7O3/c1-18-3-7-43-16-20-15-41(6-8-44-20)30-23-12-36-29(26-21(9-18)24(33)10-25-22(26)13-37-40-25)27(35)28(23)38-31(39-30)45-17-32-4-2-5-42(32)14-19(34)11-32/h10,12-13,18-20H,2-9,11,14-17H2,1H3,(H,37,40)/t18-,19-,20-,32+/m1/s1. The quantitative estimate of drug-likeness (QED) is 0.327. The summed E-state index contributed by atoms with van der Waals surface area (Å²) in [6.07, 6.45) is 5.91. The van der Waals surface area contributed by atoms with Crippen molar-refractivity contribution in [2.75, 3.05) is 57.5 Å². The number of benzene rings is 1. The Morgan fingerprint density at radius 2 is 2.09 bits per heavy atom. The molecule has 9 rings (SSSR count). The van der Waals surface area contributed by atoms with Crippen LogP contribution in [0.5, 0.6) is 6.01 Å². The lowest BCUT2D eigenvalue weighted by Gasteiger charge is -2.34. The van der Waals surface area contributed by atoms with E-state index < -0.39 is 17.5 Å². The number of aromatic nitrogens is 5. The Bertz CT molecular complexity index is 1760. The lowest BCUT2D eigenvalue weighted by molar-refractivity contribution is -0.0257. The fourth-order valence-corrected chi connectivity index (χ4v) is 7.96. The van der Waals surface area contributed by atoms with Crippen molar-refractivity contribution in [2.45, 2.75) is 56.8 Å². The molecule has 0 saturated carbocycles. The average Bonchev–Trinajstić information content (AvgIpc) is 3.73. The molecule has 4 aromatic rings. The Kier molecular flexibility index (Phi) is 7.51. The summed E-state index contributed by atoms with van der Waals surface area (Å²) in [7, 11) is 0. The van der Waals surface area contributed by atoms with Gasteiger partial charge in [0, 0.05) is 54.8 Å². The van der Waals surface area contributed by atoms with Crippen LogP contribution in [0, 0.1) is 11.7 Å². The average molecular weight is 640 g/mol. The summed E-state index contributed by atoms with van der Waals surface area (Å²) in [5.41, 5.74) is 1.95. The molecule has 0 aliphatic carbocycles. The normalized spacial score (nSPS) is 27.5. The Morgan fingerprint density at radius 3 is 3.00 bits per heavy atom. The molecule has 0 amide bonds. The van der Waals surface area contributed by atoms with Crippen molar-refractivity contribution in [3.63, 3.8) is 0 Å². The molecule has 13 heteroatoms. The van der Waals surface area contributed by atoms with Crippen LogP contribution in [-0.4, -0.2) is 100 Å². The molecule has 3 aromatic heterocycles. The number of hydrogen-bond donors (Lipinski definition) is 1. The fourth-order valence-electron chi connectivity index (χ4n) is 7.68. The molecule has 4 atom stereocenters. The van der Waals surface area contributed by atoms with Crippen molar-refractivity contribution in [2.24, 2.45) is 5.92 Å². The van der Waals surface area contributed by atoms with Gasteiger partial charge in [-0.1, -0.05) is 18.5 Å². The smallest absolute Gasteiger partial charge is 0.319 e. The van der Waals surface area contributed by atoms with E-state index in [1.54, 1.807) is 12.4 Å². The van der Waals surface area contributed by atoms with Gasteiger partial charge in [0.1, 0.15) is 29.8 Å². The minimum atomic E-state index is -0.887. The van der Waals surface area contributed by atoms with Gasteiger partial charge in [-0.2, -0.15) is 15.1 Å². The summed E-state index contributed by atoms with van der Waals surface area (Å²) >= 11 is 6.87. The Morgan fingerprint density at radius 1 is 1.18 bits per heavy atom. The van der Waals surface area contributed by atoms with Gasteiger partial charge in [-0.05, 0) is 49.8 Å². The van der Waals surface area contributed by atoms with Gasteiger partial charge in [0.05, 0.1) is 42.0 Å². The van der Waals surface area contributed by atoms with Gasteiger partial charge < -0.3 is 19.1 Å². The molecule has 8 heterocycles. The number of nitrogens with one attached hydrogen (secondary N) is 1. The SMILES string of the molecule is C[C@@H]1CCOC[C@H]2CN(CCO2)c2nc(OC[C@@]34CCCN3C[C@H](F)C4)nc3c(F)c(ncc23)-c2c(c(Cl)cc3[nH]ncc23)C1. The first-order chi connectivity index (χ1) is 21.9. The number of morpholine rings is 1. The lowest BCUT2D eigenvalue weighted by Crippen LogP contribution is -2.45. The van der Waals surface area contributed by atoms with E-state index in [2.05, 4.69) is 31.9 Å². The fraction of sp³-hybridized carbons (Fsp3) is 0.562. The summed E-state index contributed by atoms with van der Waals surface area (Å²) in [4.78, 5) is 18.4. The van der Waals surface area contributed by atoms with E-state index in [0.717, 1.165) is 36.8 Å². The molecule has 3 saturated heterocycles. The first-order valence-corrected chi connectivity index (χ1v) is 16.2. The topological polar surface area (TPSA) is 102 Å². The summed E-state index contributed by atoms with van der Waals surface area (Å²) in [5.74, 6) is 0.149. The first-order valence-electron chi connectivity index (χ1n) is 15.9. The Labute approximate surface area is 264 Å². The number of H-pyrrole nitrogens is 1. The molecule has 1 N–H and O–H groups in total. The Hall–Kier alpha value is -3.19. The van der Waals surface area contributed by atoms with Crippen molar-refractivity contribution in [3.05, 3.63) is 34.9 Å². The molecule has 5 aliphatic heterocycles. The number of fused-ring (bicyclic) bond motifs is 8. The number of aromatic amines is 1. The van der Waals surface area contributed by atoms with Crippen LogP contribution in [0.3, 0.4) is 0 Å². The maximum Gasteiger partial charge on any atom is 0.319 e. The van der Waals surface area contributed by atoms with Crippen LogP contribution in [0.1, 0.15) is 38.2 Å². The van der Waals surface area contributed by atoms with E-state index in [1.807, 2.05) is 6.07 Å². The minimum Gasteiger partial charge on any atom is -0.461 e. The zero-order chi connectivity index (χ0) is 30.7.